The first-order valence-electron chi connectivity index (χ1n) is 6.12. The second kappa shape index (κ2) is 5.13. The zero-order valence-corrected chi connectivity index (χ0v) is 11.2. The summed E-state index contributed by atoms with van der Waals surface area (Å²) in [6, 6.07) is 10.3. The Kier molecular flexibility index (Phi) is 3.16. The highest BCUT2D eigenvalue weighted by atomic mass is 16.5. The van der Waals surface area contributed by atoms with Crippen LogP contribution in [0.3, 0.4) is 0 Å². The van der Waals surface area contributed by atoms with E-state index < -0.39 is 0 Å². The van der Waals surface area contributed by atoms with Crippen molar-refractivity contribution in [1.82, 2.24) is 15.0 Å². The van der Waals surface area contributed by atoms with Gasteiger partial charge in [-0.05, 0) is 12.1 Å². The molecule has 0 amide bonds. The van der Waals surface area contributed by atoms with Crippen molar-refractivity contribution in [1.29, 1.82) is 0 Å². The van der Waals surface area contributed by atoms with Gasteiger partial charge in [-0.1, -0.05) is 18.2 Å². The molecule has 0 atom stereocenters. The molecule has 0 unspecified atom stereocenters. The van der Waals surface area contributed by atoms with Gasteiger partial charge in [-0.3, -0.25) is 4.98 Å². The summed E-state index contributed by atoms with van der Waals surface area (Å²) in [5, 5.41) is 1.06. The summed E-state index contributed by atoms with van der Waals surface area (Å²) < 4.78 is 10.3. The van der Waals surface area contributed by atoms with Gasteiger partial charge in [-0.2, -0.15) is 4.98 Å². The molecule has 5 nitrogen and oxygen atoms in total. The largest absolute Gasteiger partial charge is 0.480 e. The van der Waals surface area contributed by atoms with Crippen LogP contribution in [0.5, 0.6) is 11.9 Å². The normalized spacial score (nSPS) is 10.5. The van der Waals surface area contributed by atoms with E-state index in [1.54, 1.807) is 19.5 Å². The summed E-state index contributed by atoms with van der Waals surface area (Å²) in [5.74, 6) is 0.467. The summed E-state index contributed by atoms with van der Waals surface area (Å²) in [7, 11) is 3.09. The summed E-state index contributed by atoms with van der Waals surface area (Å²) in [5.41, 5.74) is 2.64. The molecule has 2 heterocycles. The van der Waals surface area contributed by atoms with Crippen LogP contribution in [-0.2, 0) is 0 Å². The molecule has 2 aromatic heterocycles. The number of aromatic nitrogens is 3. The molecule has 1 aromatic carbocycles. The van der Waals surface area contributed by atoms with Crippen LogP contribution in [-0.4, -0.2) is 29.2 Å². The second-order valence-electron chi connectivity index (χ2n) is 4.20. The minimum Gasteiger partial charge on any atom is -0.480 e. The Bertz CT molecular complexity index is 759. The second-order valence-corrected chi connectivity index (χ2v) is 4.20. The van der Waals surface area contributed by atoms with Crippen molar-refractivity contribution >= 4 is 10.9 Å². The standard InChI is InChI=1S/C15H13N3O2/c1-19-14-12(9-17-15(18-14)20-2)11-7-10-5-3-4-6-13(10)16-8-11/h3-9H,1-2H3. The van der Waals surface area contributed by atoms with Gasteiger partial charge in [0.25, 0.3) is 0 Å². The lowest BCUT2D eigenvalue weighted by Gasteiger charge is -2.08. The van der Waals surface area contributed by atoms with Gasteiger partial charge in [0.15, 0.2) is 0 Å². The van der Waals surface area contributed by atoms with Gasteiger partial charge in [0, 0.05) is 23.3 Å². The van der Waals surface area contributed by atoms with E-state index in [1.165, 1.54) is 7.11 Å². The van der Waals surface area contributed by atoms with Crippen LogP contribution in [0.1, 0.15) is 0 Å². The third kappa shape index (κ3) is 2.14. The molecule has 0 spiro atoms. The minimum absolute atomic E-state index is 0.277. The number of hydrogen-bond donors (Lipinski definition) is 0. The third-order valence-corrected chi connectivity index (χ3v) is 3.01. The Morgan fingerprint density at radius 3 is 2.60 bits per heavy atom. The molecule has 0 bridgehead atoms. The first-order valence-corrected chi connectivity index (χ1v) is 6.12. The van der Waals surface area contributed by atoms with Crippen molar-refractivity contribution in [2.45, 2.75) is 0 Å². The number of pyridine rings is 1. The number of benzene rings is 1. The molecule has 3 aromatic rings. The van der Waals surface area contributed by atoms with Gasteiger partial charge >= 0.3 is 6.01 Å². The summed E-state index contributed by atoms with van der Waals surface area (Å²) in [6.45, 7) is 0. The van der Waals surface area contributed by atoms with E-state index in [4.69, 9.17) is 9.47 Å². The zero-order chi connectivity index (χ0) is 13.9. The van der Waals surface area contributed by atoms with E-state index in [9.17, 15) is 0 Å². The maximum Gasteiger partial charge on any atom is 0.319 e. The Balaban J connectivity index is 2.14. The van der Waals surface area contributed by atoms with Crippen LogP contribution in [0.2, 0.25) is 0 Å². The lowest BCUT2D eigenvalue weighted by Crippen LogP contribution is -1.97. The van der Waals surface area contributed by atoms with Crippen molar-refractivity contribution in [3.63, 3.8) is 0 Å². The predicted molar refractivity (Wildman–Crippen MR) is 75.9 cm³/mol. The number of methoxy groups -OCH3 is 2. The van der Waals surface area contributed by atoms with Crippen molar-refractivity contribution in [2.24, 2.45) is 0 Å². The molecule has 100 valence electrons. The van der Waals surface area contributed by atoms with Gasteiger partial charge in [0.2, 0.25) is 5.88 Å². The first kappa shape index (κ1) is 12.3. The molecule has 5 heteroatoms. The van der Waals surface area contributed by atoms with E-state index in [0.717, 1.165) is 22.0 Å². The van der Waals surface area contributed by atoms with E-state index in [2.05, 4.69) is 15.0 Å². The molecule has 0 aliphatic carbocycles. The molecule has 0 aliphatic heterocycles. The Hall–Kier alpha value is -2.69. The maximum atomic E-state index is 5.30. The number of hydrogen-bond acceptors (Lipinski definition) is 5. The highest BCUT2D eigenvalue weighted by Gasteiger charge is 2.11. The van der Waals surface area contributed by atoms with Gasteiger partial charge in [0.05, 0.1) is 25.3 Å². The Labute approximate surface area is 116 Å². The van der Waals surface area contributed by atoms with Crippen LogP contribution in [0.15, 0.2) is 42.7 Å². The molecular formula is C15H13N3O2. The SMILES string of the molecule is COc1ncc(-c2cnc3ccccc3c2)c(OC)n1. The van der Waals surface area contributed by atoms with Gasteiger partial charge in [0.1, 0.15) is 0 Å². The number of ether oxygens (including phenoxy) is 2. The molecule has 0 radical (unpaired) electrons. The number of fused-ring (bicyclic) bond motifs is 1. The van der Waals surface area contributed by atoms with E-state index >= 15 is 0 Å². The summed E-state index contributed by atoms with van der Waals surface area (Å²) in [6.07, 6.45) is 3.46. The lowest BCUT2D eigenvalue weighted by molar-refractivity contribution is 0.353. The maximum absolute atomic E-state index is 5.30. The van der Waals surface area contributed by atoms with Crippen LogP contribution < -0.4 is 9.47 Å². The first-order chi connectivity index (χ1) is 9.81. The Morgan fingerprint density at radius 2 is 1.80 bits per heavy atom. The highest BCUT2D eigenvalue weighted by Crippen LogP contribution is 2.29. The molecule has 0 fully saturated rings. The van der Waals surface area contributed by atoms with E-state index in [1.807, 2.05) is 30.3 Å². The van der Waals surface area contributed by atoms with Crippen LogP contribution in [0.4, 0.5) is 0 Å². The smallest absolute Gasteiger partial charge is 0.319 e. The molecule has 0 N–H and O–H groups in total. The van der Waals surface area contributed by atoms with Gasteiger partial charge in [-0.25, -0.2) is 4.98 Å². The zero-order valence-electron chi connectivity index (χ0n) is 11.2. The van der Waals surface area contributed by atoms with Crippen molar-refractivity contribution in [3.05, 3.63) is 42.7 Å². The van der Waals surface area contributed by atoms with Crippen LogP contribution in [0.25, 0.3) is 22.0 Å². The lowest BCUT2D eigenvalue weighted by atomic mass is 10.1. The van der Waals surface area contributed by atoms with Gasteiger partial charge < -0.3 is 9.47 Å². The molecule has 20 heavy (non-hydrogen) atoms. The number of rotatable bonds is 3. The van der Waals surface area contributed by atoms with E-state index in [0.29, 0.717) is 5.88 Å². The fraction of sp³-hybridized carbons (Fsp3) is 0.133. The van der Waals surface area contributed by atoms with Gasteiger partial charge in [-0.15, -0.1) is 0 Å². The fourth-order valence-corrected chi connectivity index (χ4v) is 2.02. The average Bonchev–Trinajstić information content (AvgIpc) is 2.53. The fourth-order valence-electron chi connectivity index (χ4n) is 2.02. The number of para-hydroxylation sites is 1. The third-order valence-electron chi connectivity index (χ3n) is 3.01. The number of nitrogens with zero attached hydrogens (tertiary/aromatic N) is 3. The Morgan fingerprint density at radius 1 is 0.950 bits per heavy atom. The van der Waals surface area contributed by atoms with Crippen molar-refractivity contribution in [3.8, 4) is 23.0 Å². The van der Waals surface area contributed by atoms with E-state index in [-0.39, 0.29) is 6.01 Å². The molecule has 0 saturated carbocycles. The minimum atomic E-state index is 0.277. The van der Waals surface area contributed by atoms with Crippen molar-refractivity contribution < 1.29 is 9.47 Å². The summed E-state index contributed by atoms with van der Waals surface area (Å²) in [4.78, 5) is 12.7. The van der Waals surface area contributed by atoms with Crippen molar-refractivity contribution in [2.75, 3.05) is 14.2 Å². The molecule has 0 saturated heterocycles. The topological polar surface area (TPSA) is 57.1 Å². The highest BCUT2D eigenvalue weighted by molar-refractivity contribution is 5.84. The quantitative estimate of drug-likeness (QED) is 0.730. The summed E-state index contributed by atoms with van der Waals surface area (Å²) >= 11 is 0. The monoisotopic (exact) mass is 267 g/mol. The molecule has 3 rings (SSSR count). The van der Waals surface area contributed by atoms with Crippen LogP contribution in [0, 0.1) is 0 Å². The molecule has 0 aliphatic rings. The average molecular weight is 267 g/mol. The van der Waals surface area contributed by atoms with Crippen LogP contribution >= 0.6 is 0 Å². The predicted octanol–water partition coefficient (Wildman–Crippen LogP) is 2.71. The molecular weight excluding hydrogens is 254 g/mol.